The van der Waals surface area contributed by atoms with Gasteiger partial charge in [0.1, 0.15) is 23.5 Å². The molecule has 0 spiro atoms. The zero-order chi connectivity index (χ0) is 28.2. The van der Waals surface area contributed by atoms with Gasteiger partial charge in [-0.3, -0.25) is 14.5 Å². The highest BCUT2D eigenvalue weighted by atomic mass is 19.2. The van der Waals surface area contributed by atoms with E-state index in [1.165, 1.54) is 17.0 Å². The highest BCUT2D eigenvalue weighted by molar-refractivity contribution is 6.05. The number of pyridine rings is 1. The number of piperidine rings is 1. The van der Waals surface area contributed by atoms with Gasteiger partial charge < -0.3 is 15.0 Å². The Morgan fingerprint density at radius 2 is 1.90 bits per heavy atom. The number of H-pyrrole nitrogens is 1. The van der Waals surface area contributed by atoms with Gasteiger partial charge in [0.15, 0.2) is 11.6 Å². The molecule has 1 aliphatic heterocycles. The molecule has 2 fully saturated rings. The van der Waals surface area contributed by atoms with Crippen molar-refractivity contribution in [2.45, 2.75) is 70.2 Å². The molecule has 2 aliphatic rings. The Morgan fingerprint density at radius 3 is 2.59 bits per heavy atom. The summed E-state index contributed by atoms with van der Waals surface area (Å²) < 4.78 is 48.5. The molecule has 8 nitrogen and oxygen atoms in total. The number of likely N-dealkylation sites (tertiary alicyclic amines) is 1. The van der Waals surface area contributed by atoms with Gasteiger partial charge in [0.25, 0.3) is 5.56 Å². The van der Waals surface area contributed by atoms with Crippen molar-refractivity contribution in [3.8, 4) is 6.07 Å². The van der Waals surface area contributed by atoms with E-state index < -0.39 is 52.7 Å². The van der Waals surface area contributed by atoms with Crippen LogP contribution in [0.5, 0.6) is 0 Å². The predicted octanol–water partition coefficient (Wildman–Crippen LogP) is 4.44. The SMILES string of the molecule is CC(C)(C)OC(=O)N1C2CCC(C2)C1C(=O)NC(C#N)Cc1cc2c(=O)[nH]c3c(F)c(F)ccc3c2cc1F. The summed E-state index contributed by atoms with van der Waals surface area (Å²) >= 11 is 0. The van der Waals surface area contributed by atoms with Gasteiger partial charge in [-0.1, -0.05) is 0 Å². The average Bonchev–Trinajstić information content (AvgIpc) is 3.48. The van der Waals surface area contributed by atoms with Gasteiger partial charge in [-0.15, -0.1) is 0 Å². The van der Waals surface area contributed by atoms with Crippen LogP contribution in [-0.2, 0) is 16.0 Å². The molecular formula is C28H27F3N4O4. The molecule has 2 bridgehead atoms. The van der Waals surface area contributed by atoms with Crippen molar-refractivity contribution >= 4 is 33.7 Å². The van der Waals surface area contributed by atoms with E-state index in [1.54, 1.807) is 20.8 Å². The Hall–Kier alpha value is -4.07. The molecule has 2 N–H and O–H groups in total. The molecule has 11 heteroatoms. The molecule has 39 heavy (non-hydrogen) atoms. The Bertz CT molecular complexity index is 1610. The first-order valence-corrected chi connectivity index (χ1v) is 12.7. The molecule has 1 aliphatic carbocycles. The number of hydrogen-bond donors (Lipinski definition) is 2. The van der Waals surface area contributed by atoms with Gasteiger partial charge in [0.2, 0.25) is 5.91 Å². The third-order valence-corrected chi connectivity index (χ3v) is 7.41. The lowest BCUT2D eigenvalue weighted by molar-refractivity contribution is -0.128. The van der Waals surface area contributed by atoms with E-state index in [4.69, 9.17) is 4.74 Å². The van der Waals surface area contributed by atoms with Crippen LogP contribution in [0.3, 0.4) is 0 Å². The van der Waals surface area contributed by atoms with Crippen LogP contribution in [0.4, 0.5) is 18.0 Å². The van der Waals surface area contributed by atoms with Crippen LogP contribution in [0.1, 0.15) is 45.6 Å². The van der Waals surface area contributed by atoms with Gasteiger partial charge in [0, 0.05) is 23.2 Å². The molecule has 204 valence electrons. The second kappa shape index (κ2) is 9.59. The topological polar surface area (TPSA) is 115 Å². The highest BCUT2D eigenvalue weighted by Gasteiger charge is 2.52. The second-order valence-corrected chi connectivity index (χ2v) is 11.2. The minimum absolute atomic E-state index is 0.0151. The Labute approximate surface area is 221 Å². The van der Waals surface area contributed by atoms with E-state index >= 15 is 4.39 Å². The minimum Gasteiger partial charge on any atom is -0.444 e. The maximum absolute atomic E-state index is 15.2. The fraction of sp³-hybridized carbons (Fsp3) is 0.429. The van der Waals surface area contributed by atoms with Gasteiger partial charge in [-0.2, -0.15) is 5.26 Å². The summed E-state index contributed by atoms with van der Waals surface area (Å²) in [5.74, 6) is -3.77. The average molecular weight is 541 g/mol. The van der Waals surface area contributed by atoms with Gasteiger partial charge in [0.05, 0.1) is 11.6 Å². The van der Waals surface area contributed by atoms with Crippen molar-refractivity contribution in [1.29, 1.82) is 5.26 Å². The number of aromatic amines is 1. The lowest BCUT2D eigenvalue weighted by atomic mass is 9.96. The molecule has 2 heterocycles. The molecule has 1 saturated heterocycles. The number of carbonyl (C=O) groups is 2. The number of halogens is 3. The van der Waals surface area contributed by atoms with E-state index in [1.807, 2.05) is 6.07 Å². The second-order valence-electron chi connectivity index (χ2n) is 11.2. The van der Waals surface area contributed by atoms with E-state index in [2.05, 4.69) is 10.3 Å². The Morgan fingerprint density at radius 1 is 1.15 bits per heavy atom. The van der Waals surface area contributed by atoms with Crippen molar-refractivity contribution in [2.75, 3.05) is 0 Å². The van der Waals surface area contributed by atoms with E-state index in [0.29, 0.717) is 6.42 Å². The maximum atomic E-state index is 15.2. The smallest absolute Gasteiger partial charge is 0.411 e. The molecule has 2 amide bonds. The molecule has 3 aromatic rings. The highest BCUT2D eigenvalue weighted by Crippen LogP contribution is 2.43. The Kier molecular flexibility index (Phi) is 6.53. The van der Waals surface area contributed by atoms with Gasteiger partial charge in [-0.25, -0.2) is 18.0 Å². The number of nitriles is 1. The summed E-state index contributed by atoms with van der Waals surface area (Å²) in [5.41, 5.74) is -1.89. The quantitative estimate of drug-likeness (QED) is 0.475. The summed E-state index contributed by atoms with van der Waals surface area (Å²) in [4.78, 5) is 42.6. The Balaban J connectivity index is 1.40. The van der Waals surface area contributed by atoms with Crippen molar-refractivity contribution < 1.29 is 27.5 Å². The number of hydrogen-bond acceptors (Lipinski definition) is 5. The fourth-order valence-electron chi connectivity index (χ4n) is 5.77. The lowest BCUT2D eigenvalue weighted by Crippen LogP contribution is -2.55. The van der Waals surface area contributed by atoms with Gasteiger partial charge in [-0.05, 0) is 81.2 Å². The number of aromatic nitrogens is 1. The summed E-state index contributed by atoms with van der Waals surface area (Å²) in [5, 5.41) is 12.6. The first-order valence-electron chi connectivity index (χ1n) is 12.7. The van der Waals surface area contributed by atoms with Crippen LogP contribution in [-0.4, -0.2) is 45.6 Å². The van der Waals surface area contributed by atoms with Crippen molar-refractivity contribution in [1.82, 2.24) is 15.2 Å². The number of nitrogens with one attached hydrogen (secondary N) is 2. The standard InChI is InChI=1S/C28H27F3N4O4/c1-28(2,3)39-27(38)35-16-5-4-13(9-16)24(35)26(37)33-15(12-32)8-14-10-19-18(11-21(14)30)17-6-7-20(29)22(31)23(17)34-25(19)36/h6-7,10-11,13,15-16,24H,4-5,8-9H2,1-3H3,(H,33,37)(H,34,36). The molecule has 4 unspecified atom stereocenters. The molecule has 1 aromatic heterocycles. The summed E-state index contributed by atoms with van der Waals surface area (Å²) in [6.45, 7) is 5.21. The largest absolute Gasteiger partial charge is 0.444 e. The molecule has 0 radical (unpaired) electrons. The number of rotatable bonds is 4. The van der Waals surface area contributed by atoms with Gasteiger partial charge >= 0.3 is 6.09 Å². The third-order valence-electron chi connectivity index (χ3n) is 7.41. The van der Waals surface area contributed by atoms with E-state index in [9.17, 15) is 28.4 Å². The zero-order valence-corrected chi connectivity index (χ0v) is 21.6. The number of nitrogens with zero attached hydrogens (tertiary/aromatic N) is 2. The number of fused-ring (bicyclic) bond motifs is 5. The van der Waals surface area contributed by atoms with Crippen LogP contribution in [0.15, 0.2) is 29.1 Å². The van der Waals surface area contributed by atoms with E-state index in [-0.39, 0.29) is 45.6 Å². The lowest BCUT2D eigenvalue weighted by Gasteiger charge is -2.35. The predicted molar refractivity (Wildman–Crippen MR) is 136 cm³/mol. The number of ether oxygens (including phenoxy) is 1. The maximum Gasteiger partial charge on any atom is 0.411 e. The molecule has 1 saturated carbocycles. The van der Waals surface area contributed by atoms with Crippen molar-refractivity contribution in [3.63, 3.8) is 0 Å². The van der Waals surface area contributed by atoms with Crippen LogP contribution >= 0.6 is 0 Å². The monoisotopic (exact) mass is 540 g/mol. The molecular weight excluding hydrogens is 513 g/mol. The molecule has 2 aromatic carbocycles. The minimum atomic E-state index is -1.25. The van der Waals surface area contributed by atoms with Crippen LogP contribution in [0.25, 0.3) is 21.7 Å². The first-order chi connectivity index (χ1) is 18.4. The number of amides is 2. The summed E-state index contributed by atoms with van der Waals surface area (Å²) in [7, 11) is 0. The fourth-order valence-corrected chi connectivity index (χ4v) is 5.77. The molecule has 4 atom stereocenters. The van der Waals surface area contributed by atoms with Crippen LogP contribution in [0, 0.1) is 34.7 Å². The van der Waals surface area contributed by atoms with Crippen molar-refractivity contribution in [3.05, 3.63) is 57.6 Å². The number of carbonyl (C=O) groups excluding carboxylic acids is 2. The van der Waals surface area contributed by atoms with Crippen LogP contribution in [0.2, 0.25) is 0 Å². The van der Waals surface area contributed by atoms with E-state index in [0.717, 1.165) is 25.0 Å². The normalized spacial score (nSPS) is 21.3. The third kappa shape index (κ3) is 4.80. The van der Waals surface area contributed by atoms with Crippen LogP contribution < -0.4 is 10.9 Å². The summed E-state index contributed by atoms with van der Waals surface area (Å²) in [6, 6.07) is 4.28. The number of benzene rings is 2. The first kappa shape index (κ1) is 26.5. The summed E-state index contributed by atoms with van der Waals surface area (Å²) in [6.07, 6.45) is 1.34. The zero-order valence-electron chi connectivity index (χ0n) is 21.6. The van der Waals surface area contributed by atoms with Crippen molar-refractivity contribution in [2.24, 2.45) is 5.92 Å². The molecule has 5 rings (SSSR count).